The summed E-state index contributed by atoms with van der Waals surface area (Å²) < 4.78 is 0. The third kappa shape index (κ3) is 7.35. The van der Waals surface area contributed by atoms with Gasteiger partial charge in [-0.25, -0.2) is 0 Å². The summed E-state index contributed by atoms with van der Waals surface area (Å²) in [6, 6.07) is 29.2. The van der Waals surface area contributed by atoms with Gasteiger partial charge in [-0.05, 0) is 35.1 Å². The van der Waals surface area contributed by atoms with E-state index in [0.717, 1.165) is 11.1 Å². The Morgan fingerprint density at radius 2 is 1.04 bits per heavy atom. The van der Waals surface area contributed by atoms with Crippen LogP contribution in [0.5, 0.6) is 0 Å². The van der Waals surface area contributed by atoms with Crippen LogP contribution in [0.3, 0.4) is 0 Å². The molecule has 0 saturated carbocycles. The van der Waals surface area contributed by atoms with Crippen LogP contribution in [0.15, 0.2) is 114 Å². The third-order valence-electron chi connectivity index (χ3n) is 8.13. The van der Waals surface area contributed by atoms with Gasteiger partial charge >= 0.3 is 0 Å². The quantitative estimate of drug-likeness (QED) is 0.146. The van der Waals surface area contributed by atoms with Gasteiger partial charge in [-0.15, -0.1) is 4.99 Å². The number of hydrogen-bond donors (Lipinski definition) is 2. The second-order valence-corrected chi connectivity index (χ2v) is 11.1. The molecule has 46 heavy (non-hydrogen) atoms. The van der Waals surface area contributed by atoms with Gasteiger partial charge in [0.25, 0.3) is 11.4 Å². The van der Waals surface area contributed by atoms with E-state index >= 15 is 0 Å². The maximum Gasteiger partial charge on any atom is 0.269 e. The van der Waals surface area contributed by atoms with Crippen LogP contribution >= 0.6 is 0 Å². The summed E-state index contributed by atoms with van der Waals surface area (Å²) in [5.41, 5.74) is 2.51. The predicted octanol–water partition coefficient (Wildman–Crippen LogP) is 4.60. The van der Waals surface area contributed by atoms with E-state index < -0.39 is 34.1 Å². The highest BCUT2D eigenvalue weighted by Crippen LogP contribution is 2.31. The van der Waals surface area contributed by atoms with Gasteiger partial charge in [0.05, 0.1) is 21.9 Å². The number of hydrogen-bond acceptors (Lipinski definition) is 8. The molecule has 0 radical (unpaired) electrons. The molecule has 1 fully saturated rings. The number of nitro groups is 2. The van der Waals surface area contributed by atoms with Crippen molar-refractivity contribution in [2.75, 3.05) is 0 Å². The van der Waals surface area contributed by atoms with Crippen LogP contribution in [0.1, 0.15) is 22.3 Å². The summed E-state index contributed by atoms with van der Waals surface area (Å²) in [5, 5.41) is 57.1. The van der Waals surface area contributed by atoms with Crippen molar-refractivity contribution in [3.63, 3.8) is 0 Å². The average molecular weight is 621 g/mol. The summed E-state index contributed by atoms with van der Waals surface area (Å²) in [5.74, 6) is 0.123. The number of guanidine groups is 1. The SMILES string of the molecule is N#CN=C1N(Cc2cccc([N+](=O)[O-])c2)[C@H](Cc2ccccc2)[C@H](O)[C@@H](O)[C@@H](Cc2ccccc2)N1Cc1cccc([N+](=O)[O-])c1. The molecule has 12 heteroatoms. The monoisotopic (exact) mass is 620 g/mol. The average Bonchev–Trinajstić information content (AvgIpc) is 3.13. The Morgan fingerprint density at radius 3 is 1.41 bits per heavy atom. The molecule has 234 valence electrons. The van der Waals surface area contributed by atoms with E-state index in [1.165, 1.54) is 24.3 Å². The molecule has 0 unspecified atom stereocenters. The third-order valence-corrected chi connectivity index (χ3v) is 8.13. The van der Waals surface area contributed by atoms with E-state index in [1.54, 1.807) is 34.1 Å². The first-order valence-corrected chi connectivity index (χ1v) is 14.7. The molecule has 0 bridgehead atoms. The number of rotatable bonds is 10. The first-order chi connectivity index (χ1) is 22.2. The van der Waals surface area contributed by atoms with E-state index in [1.807, 2.05) is 66.9 Å². The lowest BCUT2D eigenvalue weighted by Gasteiger charge is -2.38. The highest BCUT2D eigenvalue weighted by molar-refractivity contribution is 5.82. The van der Waals surface area contributed by atoms with Crippen molar-refractivity contribution in [2.45, 2.75) is 50.2 Å². The fourth-order valence-corrected chi connectivity index (χ4v) is 5.94. The number of nitriles is 1. The lowest BCUT2D eigenvalue weighted by atomic mass is 9.91. The van der Waals surface area contributed by atoms with Crippen molar-refractivity contribution in [1.29, 1.82) is 5.26 Å². The van der Waals surface area contributed by atoms with E-state index in [9.17, 15) is 35.7 Å². The standard InChI is InChI=1S/C34H32N6O6/c35-23-36-34-37(21-26-13-7-15-28(17-26)39(43)44)30(19-24-9-3-1-4-10-24)32(41)33(42)31(20-25-11-5-2-6-12-25)38(34)22-27-14-8-16-29(18-27)40(45)46/h1-18,30-33,41-42H,19-22H2/t30-,31-,32+,33+/m1/s1. The molecule has 1 heterocycles. The molecule has 4 aromatic carbocycles. The second kappa shape index (κ2) is 14.4. The van der Waals surface area contributed by atoms with Crippen molar-refractivity contribution in [3.05, 3.63) is 152 Å². The van der Waals surface area contributed by atoms with Crippen LogP contribution < -0.4 is 0 Å². The first kappa shape index (κ1) is 31.8. The molecule has 1 aliphatic heterocycles. The van der Waals surface area contributed by atoms with Crippen LogP contribution in [-0.2, 0) is 25.9 Å². The summed E-state index contributed by atoms with van der Waals surface area (Å²) in [4.78, 5) is 29.9. The zero-order valence-electron chi connectivity index (χ0n) is 24.7. The Morgan fingerprint density at radius 1 is 0.652 bits per heavy atom. The Balaban J connectivity index is 1.68. The number of non-ortho nitro benzene ring substituents is 2. The number of nitro benzene ring substituents is 2. The molecule has 4 atom stereocenters. The van der Waals surface area contributed by atoms with E-state index in [0.29, 0.717) is 11.1 Å². The number of nitrogens with zero attached hydrogens (tertiary/aromatic N) is 6. The largest absolute Gasteiger partial charge is 0.388 e. The van der Waals surface area contributed by atoms with Crippen LogP contribution in [0.25, 0.3) is 0 Å². The Bertz CT molecular complexity index is 1630. The predicted molar refractivity (Wildman–Crippen MR) is 170 cm³/mol. The molecule has 0 aromatic heterocycles. The van der Waals surface area contributed by atoms with Gasteiger partial charge in [-0.1, -0.05) is 84.9 Å². The number of aliphatic hydroxyl groups is 2. The summed E-state index contributed by atoms with van der Waals surface area (Å²) in [7, 11) is 0. The fourth-order valence-electron chi connectivity index (χ4n) is 5.94. The van der Waals surface area contributed by atoms with Gasteiger partial charge in [-0.3, -0.25) is 20.2 Å². The van der Waals surface area contributed by atoms with Crippen molar-refractivity contribution in [2.24, 2.45) is 4.99 Å². The van der Waals surface area contributed by atoms with Gasteiger partial charge in [-0.2, -0.15) is 5.26 Å². The normalized spacial score (nSPS) is 19.6. The molecular weight excluding hydrogens is 588 g/mol. The Labute approximate surface area is 265 Å². The van der Waals surface area contributed by atoms with Crippen LogP contribution in [-0.4, -0.2) is 60.1 Å². The number of aliphatic imine (C=N–C) groups is 1. The van der Waals surface area contributed by atoms with Gasteiger partial charge in [0.2, 0.25) is 12.2 Å². The van der Waals surface area contributed by atoms with Crippen LogP contribution in [0.4, 0.5) is 11.4 Å². The molecule has 1 saturated heterocycles. The topological polar surface area (TPSA) is 169 Å². The van der Waals surface area contributed by atoms with E-state index in [2.05, 4.69) is 4.99 Å². The molecular formula is C34H32N6O6. The molecule has 4 aromatic rings. The van der Waals surface area contributed by atoms with Crippen molar-refractivity contribution in [1.82, 2.24) is 9.80 Å². The van der Waals surface area contributed by atoms with Crippen LogP contribution in [0, 0.1) is 31.7 Å². The maximum atomic E-state index is 12.0. The molecule has 12 nitrogen and oxygen atoms in total. The van der Waals surface area contributed by atoms with Gasteiger partial charge in [0.15, 0.2) is 0 Å². The highest BCUT2D eigenvalue weighted by atomic mass is 16.6. The zero-order valence-corrected chi connectivity index (χ0v) is 24.7. The Hall–Kier alpha value is -5.64. The number of benzene rings is 4. The van der Waals surface area contributed by atoms with Gasteiger partial charge in [0, 0.05) is 37.4 Å². The second-order valence-electron chi connectivity index (χ2n) is 11.1. The fraction of sp³-hybridized carbons (Fsp3) is 0.235. The number of aliphatic hydroxyl groups excluding tert-OH is 2. The van der Waals surface area contributed by atoms with Gasteiger partial charge < -0.3 is 20.0 Å². The van der Waals surface area contributed by atoms with E-state index in [-0.39, 0.29) is 43.3 Å². The van der Waals surface area contributed by atoms with Crippen molar-refractivity contribution >= 4 is 17.3 Å². The molecule has 0 aliphatic carbocycles. The minimum absolute atomic E-state index is 0.00691. The van der Waals surface area contributed by atoms with Crippen LogP contribution in [0.2, 0.25) is 0 Å². The summed E-state index contributed by atoms with van der Waals surface area (Å²) in [6.45, 7) is 0.0138. The molecule has 1 aliphatic rings. The van der Waals surface area contributed by atoms with Crippen molar-refractivity contribution < 1.29 is 20.1 Å². The highest BCUT2D eigenvalue weighted by Gasteiger charge is 2.45. The maximum absolute atomic E-state index is 12.0. The first-order valence-electron chi connectivity index (χ1n) is 14.7. The zero-order chi connectivity index (χ0) is 32.6. The van der Waals surface area contributed by atoms with E-state index in [4.69, 9.17) is 0 Å². The van der Waals surface area contributed by atoms with Gasteiger partial charge in [0.1, 0.15) is 12.2 Å². The molecule has 2 N–H and O–H groups in total. The summed E-state index contributed by atoms with van der Waals surface area (Å²) >= 11 is 0. The van der Waals surface area contributed by atoms with Crippen molar-refractivity contribution in [3.8, 4) is 6.19 Å². The minimum Gasteiger partial charge on any atom is -0.388 e. The summed E-state index contributed by atoms with van der Waals surface area (Å²) in [6.07, 6.45) is -0.328. The molecule has 0 spiro atoms. The lowest BCUT2D eigenvalue weighted by Crippen LogP contribution is -2.51. The minimum atomic E-state index is -1.35. The lowest BCUT2D eigenvalue weighted by molar-refractivity contribution is -0.385. The molecule has 5 rings (SSSR count). The molecule has 0 amide bonds. The smallest absolute Gasteiger partial charge is 0.269 e. The Kier molecular flexibility index (Phi) is 9.97.